The number of aromatic nitrogens is 3. The third-order valence-corrected chi connectivity index (χ3v) is 3.88. The van der Waals surface area contributed by atoms with E-state index in [0.29, 0.717) is 16.9 Å². The molecule has 0 amide bonds. The maximum atomic E-state index is 12.5. The average Bonchev–Trinajstić information content (AvgIpc) is 3.11. The number of fused-ring (bicyclic) bond motifs is 3. The first-order valence-electron chi connectivity index (χ1n) is 8.23. The number of anilines is 2. The molecule has 2 aromatic heterocycles. The standard InChI is InChI=1S/C18H10F6N4O2/c19-17(20,21)29-11-3-1-10(2-4-11)26-15-16-25-7-8-28(16)14-6-5-12(9-13(14)27-15)30-18(22,23)24/h1-9H,(H,26,27). The van der Waals surface area contributed by atoms with Crippen LogP contribution < -0.4 is 14.8 Å². The molecule has 0 saturated heterocycles. The van der Waals surface area contributed by atoms with Gasteiger partial charge in [0.05, 0.1) is 11.0 Å². The van der Waals surface area contributed by atoms with Gasteiger partial charge in [-0.15, -0.1) is 26.3 Å². The minimum absolute atomic E-state index is 0.182. The van der Waals surface area contributed by atoms with E-state index in [1.807, 2.05) is 0 Å². The summed E-state index contributed by atoms with van der Waals surface area (Å²) in [5, 5.41) is 2.89. The highest BCUT2D eigenvalue weighted by Crippen LogP contribution is 2.30. The SMILES string of the molecule is FC(F)(F)Oc1ccc(Nc2nc3cc(OC(F)(F)F)ccc3n3ccnc23)cc1. The maximum Gasteiger partial charge on any atom is 0.573 e. The van der Waals surface area contributed by atoms with Crippen molar-refractivity contribution in [1.82, 2.24) is 14.4 Å². The molecule has 0 fully saturated rings. The Morgan fingerprint density at radius 2 is 1.47 bits per heavy atom. The van der Waals surface area contributed by atoms with Crippen molar-refractivity contribution in [2.24, 2.45) is 0 Å². The fraction of sp³-hybridized carbons (Fsp3) is 0.111. The summed E-state index contributed by atoms with van der Waals surface area (Å²) in [6.45, 7) is 0. The smallest absolute Gasteiger partial charge is 0.406 e. The Balaban J connectivity index is 1.69. The molecule has 156 valence electrons. The lowest BCUT2D eigenvalue weighted by Gasteiger charge is -2.13. The summed E-state index contributed by atoms with van der Waals surface area (Å²) in [5.74, 6) is -0.665. The molecule has 0 aliphatic rings. The normalized spacial score (nSPS) is 12.3. The summed E-state index contributed by atoms with van der Waals surface area (Å²) in [7, 11) is 0. The van der Waals surface area contributed by atoms with E-state index in [2.05, 4.69) is 24.8 Å². The number of halogens is 6. The van der Waals surface area contributed by atoms with Gasteiger partial charge in [0, 0.05) is 24.1 Å². The van der Waals surface area contributed by atoms with Crippen molar-refractivity contribution in [2.45, 2.75) is 12.7 Å². The summed E-state index contributed by atoms with van der Waals surface area (Å²) in [4.78, 5) is 8.46. The molecule has 1 N–H and O–H groups in total. The molecule has 30 heavy (non-hydrogen) atoms. The monoisotopic (exact) mass is 428 g/mol. The number of imidazole rings is 1. The van der Waals surface area contributed by atoms with Crippen LogP contribution >= 0.6 is 0 Å². The number of nitrogens with zero attached hydrogens (tertiary/aromatic N) is 3. The van der Waals surface area contributed by atoms with Crippen molar-refractivity contribution in [3.63, 3.8) is 0 Å². The number of rotatable bonds is 4. The number of hydrogen-bond acceptors (Lipinski definition) is 5. The van der Waals surface area contributed by atoms with Gasteiger partial charge in [-0.2, -0.15) is 0 Å². The van der Waals surface area contributed by atoms with Crippen molar-refractivity contribution >= 4 is 28.2 Å². The van der Waals surface area contributed by atoms with Gasteiger partial charge < -0.3 is 14.8 Å². The van der Waals surface area contributed by atoms with Crippen LogP contribution in [0.15, 0.2) is 54.9 Å². The maximum absolute atomic E-state index is 12.5. The van der Waals surface area contributed by atoms with Crippen LogP contribution in [0.1, 0.15) is 0 Å². The minimum atomic E-state index is -4.85. The van der Waals surface area contributed by atoms with E-state index in [0.717, 1.165) is 24.3 Å². The lowest BCUT2D eigenvalue weighted by Crippen LogP contribution is -2.17. The Hall–Kier alpha value is -3.70. The van der Waals surface area contributed by atoms with E-state index in [1.54, 1.807) is 10.6 Å². The molecule has 2 heterocycles. The second-order valence-corrected chi connectivity index (χ2v) is 5.98. The van der Waals surface area contributed by atoms with Gasteiger partial charge in [0.2, 0.25) is 0 Å². The Morgan fingerprint density at radius 3 is 2.13 bits per heavy atom. The first kappa shape index (κ1) is 19.6. The zero-order chi connectivity index (χ0) is 21.5. The van der Waals surface area contributed by atoms with Gasteiger partial charge in [-0.3, -0.25) is 4.40 Å². The summed E-state index contributed by atoms with van der Waals surface area (Å²) in [5.41, 5.74) is 1.39. The van der Waals surface area contributed by atoms with Crippen LogP contribution in [-0.4, -0.2) is 27.1 Å². The number of benzene rings is 2. The number of nitrogens with one attached hydrogen (secondary N) is 1. The number of alkyl halides is 6. The molecule has 4 rings (SSSR count). The second kappa shape index (κ2) is 6.97. The van der Waals surface area contributed by atoms with Gasteiger partial charge in [0.15, 0.2) is 11.5 Å². The third-order valence-electron chi connectivity index (χ3n) is 3.88. The molecule has 12 heteroatoms. The van der Waals surface area contributed by atoms with Crippen LogP contribution in [0.25, 0.3) is 16.7 Å². The van der Waals surface area contributed by atoms with E-state index in [4.69, 9.17) is 0 Å². The topological polar surface area (TPSA) is 60.7 Å². The van der Waals surface area contributed by atoms with E-state index >= 15 is 0 Å². The van der Waals surface area contributed by atoms with Crippen molar-refractivity contribution < 1.29 is 35.8 Å². The molecule has 0 bridgehead atoms. The lowest BCUT2D eigenvalue weighted by molar-refractivity contribution is -0.275. The fourth-order valence-electron chi connectivity index (χ4n) is 2.80. The van der Waals surface area contributed by atoms with Crippen LogP contribution in [0, 0.1) is 0 Å². The quantitative estimate of drug-likeness (QED) is 0.440. The highest BCUT2D eigenvalue weighted by Gasteiger charge is 2.32. The zero-order valence-corrected chi connectivity index (χ0v) is 14.6. The molecule has 0 unspecified atom stereocenters. The van der Waals surface area contributed by atoms with Crippen LogP contribution in [0.2, 0.25) is 0 Å². The zero-order valence-electron chi connectivity index (χ0n) is 14.6. The highest BCUT2D eigenvalue weighted by molar-refractivity contribution is 5.85. The second-order valence-electron chi connectivity index (χ2n) is 5.98. The predicted molar refractivity (Wildman–Crippen MR) is 93.6 cm³/mol. The summed E-state index contributed by atoms with van der Waals surface area (Å²) in [6.07, 6.45) is -6.60. The predicted octanol–water partition coefficient (Wildman–Crippen LogP) is 5.42. The van der Waals surface area contributed by atoms with Crippen molar-refractivity contribution in [3.05, 3.63) is 54.9 Å². The largest absolute Gasteiger partial charge is 0.573 e. The van der Waals surface area contributed by atoms with Gasteiger partial charge in [0.25, 0.3) is 0 Å². The van der Waals surface area contributed by atoms with Crippen LogP contribution in [-0.2, 0) is 0 Å². The third kappa shape index (κ3) is 4.31. The summed E-state index contributed by atoms with van der Waals surface area (Å²) >= 11 is 0. The molecule has 0 saturated carbocycles. The first-order valence-corrected chi connectivity index (χ1v) is 8.23. The molecule has 4 aromatic rings. The van der Waals surface area contributed by atoms with Gasteiger partial charge in [-0.1, -0.05) is 0 Å². The van der Waals surface area contributed by atoms with E-state index in [1.165, 1.54) is 24.4 Å². The highest BCUT2D eigenvalue weighted by atomic mass is 19.4. The van der Waals surface area contributed by atoms with Crippen molar-refractivity contribution in [3.8, 4) is 11.5 Å². The molecule has 0 aliphatic heterocycles. The Labute approximate surface area is 163 Å². The van der Waals surface area contributed by atoms with E-state index < -0.39 is 24.2 Å². The Bertz CT molecular complexity index is 1200. The van der Waals surface area contributed by atoms with Gasteiger partial charge in [-0.05, 0) is 36.4 Å². The minimum Gasteiger partial charge on any atom is -0.406 e. The first-order chi connectivity index (χ1) is 14.1. The lowest BCUT2D eigenvalue weighted by atomic mass is 10.2. The van der Waals surface area contributed by atoms with Crippen LogP contribution in [0.4, 0.5) is 37.8 Å². The molecule has 0 atom stereocenters. The van der Waals surface area contributed by atoms with Crippen molar-refractivity contribution in [2.75, 3.05) is 5.32 Å². The average molecular weight is 428 g/mol. The van der Waals surface area contributed by atoms with E-state index in [-0.39, 0.29) is 11.3 Å². The Kier molecular flexibility index (Phi) is 4.56. The molecule has 2 aromatic carbocycles. The number of hydrogen-bond donors (Lipinski definition) is 1. The fourth-order valence-corrected chi connectivity index (χ4v) is 2.80. The van der Waals surface area contributed by atoms with E-state index in [9.17, 15) is 26.3 Å². The molecule has 0 radical (unpaired) electrons. The van der Waals surface area contributed by atoms with Gasteiger partial charge >= 0.3 is 12.7 Å². The molecule has 6 nitrogen and oxygen atoms in total. The van der Waals surface area contributed by atoms with Crippen LogP contribution in [0.3, 0.4) is 0 Å². The van der Waals surface area contributed by atoms with Gasteiger partial charge in [-0.25, -0.2) is 9.97 Å². The number of ether oxygens (including phenoxy) is 2. The van der Waals surface area contributed by atoms with Crippen molar-refractivity contribution in [1.29, 1.82) is 0 Å². The Morgan fingerprint density at radius 1 is 0.833 bits per heavy atom. The van der Waals surface area contributed by atoms with Gasteiger partial charge in [0.1, 0.15) is 11.5 Å². The van der Waals surface area contributed by atoms with Crippen LogP contribution in [0.5, 0.6) is 11.5 Å². The molecule has 0 spiro atoms. The molecule has 0 aliphatic carbocycles. The molecular formula is C18H10F6N4O2. The summed E-state index contributed by atoms with van der Waals surface area (Å²) < 4.78 is 83.6. The molecular weight excluding hydrogens is 418 g/mol. The summed E-state index contributed by atoms with van der Waals surface area (Å²) in [6, 6.07) is 8.55.